The maximum absolute atomic E-state index is 5.99. The number of hydrogen-bond acceptors (Lipinski definition) is 4. The van der Waals surface area contributed by atoms with E-state index in [0.717, 1.165) is 34.2 Å². The Morgan fingerprint density at radius 3 is 2.57 bits per heavy atom. The van der Waals surface area contributed by atoms with Crippen molar-refractivity contribution in [3.05, 3.63) is 60.3 Å². The molecular weight excluding hydrogens is 262 g/mol. The fourth-order valence-corrected chi connectivity index (χ4v) is 2.35. The summed E-state index contributed by atoms with van der Waals surface area (Å²) in [6.45, 7) is 0.581. The summed E-state index contributed by atoms with van der Waals surface area (Å²) >= 11 is 0. The molecule has 3 aromatic rings. The predicted octanol–water partition coefficient (Wildman–Crippen LogP) is 3.02. The van der Waals surface area contributed by atoms with Crippen molar-refractivity contribution < 1.29 is 4.74 Å². The molecule has 0 amide bonds. The maximum atomic E-state index is 5.99. The average Bonchev–Trinajstić information content (AvgIpc) is 2.50. The molecule has 21 heavy (non-hydrogen) atoms. The second-order valence-electron chi connectivity index (χ2n) is 4.89. The molecule has 0 fully saturated rings. The molecule has 0 saturated carbocycles. The Hall–Kier alpha value is -2.75. The third-order valence-electron chi connectivity index (χ3n) is 3.41. The van der Waals surface area contributed by atoms with Gasteiger partial charge in [-0.1, -0.05) is 24.3 Å². The number of fused-ring (bicyclic) bond motifs is 1. The minimum absolute atomic E-state index is 0.533. The van der Waals surface area contributed by atoms with Crippen molar-refractivity contribution in [1.29, 1.82) is 0 Å². The van der Waals surface area contributed by atoms with Gasteiger partial charge in [0.15, 0.2) is 0 Å². The third-order valence-corrected chi connectivity index (χ3v) is 3.41. The van der Waals surface area contributed by atoms with Crippen LogP contribution >= 0.6 is 0 Å². The van der Waals surface area contributed by atoms with Crippen molar-refractivity contribution in [3.63, 3.8) is 0 Å². The zero-order valence-corrected chi connectivity index (χ0v) is 11.6. The van der Waals surface area contributed by atoms with Crippen molar-refractivity contribution in [2.75, 3.05) is 18.1 Å². The first-order valence-electron chi connectivity index (χ1n) is 6.84. The molecule has 1 aromatic heterocycles. The summed E-state index contributed by atoms with van der Waals surface area (Å²) in [6, 6.07) is 15.6. The summed E-state index contributed by atoms with van der Waals surface area (Å²) < 4.78 is 5.90. The smallest absolute Gasteiger partial charge is 0.127 e. The van der Waals surface area contributed by atoms with Crippen molar-refractivity contribution in [2.45, 2.75) is 6.42 Å². The molecule has 3 rings (SSSR count). The number of nitrogens with zero attached hydrogens (tertiary/aromatic N) is 1. The second-order valence-corrected chi connectivity index (χ2v) is 4.89. The van der Waals surface area contributed by atoms with Gasteiger partial charge in [-0.2, -0.15) is 0 Å². The van der Waals surface area contributed by atoms with E-state index in [1.165, 1.54) is 0 Å². The first-order valence-corrected chi connectivity index (χ1v) is 6.84. The average molecular weight is 279 g/mol. The lowest BCUT2D eigenvalue weighted by atomic mass is 10.1. The summed E-state index contributed by atoms with van der Waals surface area (Å²) in [5.41, 5.74) is 13.5. The molecule has 2 aromatic carbocycles. The van der Waals surface area contributed by atoms with E-state index in [0.29, 0.717) is 12.4 Å². The number of rotatable bonds is 4. The predicted molar refractivity (Wildman–Crippen MR) is 86.2 cm³/mol. The zero-order chi connectivity index (χ0) is 14.7. The van der Waals surface area contributed by atoms with Gasteiger partial charge >= 0.3 is 0 Å². The maximum Gasteiger partial charge on any atom is 0.127 e. The second kappa shape index (κ2) is 5.71. The molecule has 0 spiro atoms. The lowest BCUT2D eigenvalue weighted by Crippen LogP contribution is -2.03. The molecule has 0 unspecified atom stereocenters. The van der Waals surface area contributed by atoms with Crippen LogP contribution in [0.4, 0.5) is 11.5 Å². The van der Waals surface area contributed by atoms with Crippen molar-refractivity contribution in [2.24, 2.45) is 0 Å². The minimum atomic E-state index is 0.533. The van der Waals surface area contributed by atoms with Crippen LogP contribution in [0.1, 0.15) is 5.56 Å². The van der Waals surface area contributed by atoms with Crippen molar-refractivity contribution in [1.82, 2.24) is 4.98 Å². The van der Waals surface area contributed by atoms with Gasteiger partial charge in [-0.05, 0) is 29.8 Å². The number of nitrogens with two attached hydrogens (primary N) is 2. The topological polar surface area (TPSA) is 74.2 Å². The van der Waals surface area contributed by atoms with Gasteiger partial charge in [-0.15, -0.1) is 0 Å². The van der Waals surface area contributed by atoms with Gasteiger partial charge in [0.25, 0.3) is 0 Å². The highest BCUT2D eigenvalue weighted by Crippen LogP contribution is 2.29. The first kappa shape index (κ1) is 13.2. The van der Waals surface area contributed by atoms with Gasteiger partial charge in [-0.25, -0.2) is 4.98 Å². The Kier molecular flexibility index (Phi) is 3.60. The molecule has 0 radical (unpaired) electrons. The van der Waals surface area contributed by atoms with Crippen LogP contribution in [0.5, 0.6) is 5.75 Å². The minimum Gasteiger partial charge on any atom is -0.493 e. The molecule has 0 aliphatic carbocycles. The summed E-state index contributed by atoms with van der Waals surface area (Å²) in [6.07, 6.45) is 2.49. The Labute approximate surface area is 123 Å². The fourth-order valence-electron chi connectivity index (χ4n) is 2.35. The molecule has 0 aliphatic rings. The summed E-state index contributed by atoms with van der Waals surface area (Å²) in [4.78, 5) is 3.98. The molecule has 1 heterocycles. The molecule has 0 atom stereocenters. The Morgan fingerprint density at radius 1 is 0.952 bits per heavy atom. The van der Waals surface area contributed by atoms with Gasteiger partial charge in [-0.3, -0.25) is 0 Å². The van der Waals surface area contributed by atoms with E-state index < -0.39 is 0 Å². The molecule has 4 nitrogen and oxygen atoms in total. The van der Waals surface area contributed by atoms with Gasteiger partial charge < -0.3 is 16.2 Å². The summed E-state index contributed by atoms with van der Waals surface area (Å²) in [7, 11) is 0. The van der Waals surface area contributed by atoms with Crippen LogP contribution in [0.3, 0.4) is 0 Å². The lowest BCUT2D eigenvalue weighted by molar-refractivity contribution is 0.326. The third kappa shape index (κ3) is 2.89. The molecule has 0 saturated heterocycles. The van der Waals surface area contributed by atoms with Gasteiger partial charge in [0.1, 0.15) is 11.6 Å². The highest BCUT2D eigenvalue weighted by atomic mass is 16.5. The lowest BCUT2D eigenvalue weighted by Gasteiger charge is -2.11. The number of pyridine rings is 1. The number of benzene rings is 2. The molecule has 4 N–H and O–H groups in total. The van der Waals surface area contributed by atoms with E-state index in [-0.39, 0.29) is 0 Å². The summed E-state index contributed by atoms with van der Waals surface area (Å²) in [5.74, 6) is 1.38. The van der Waals surface area contributed by atoms with E-state index in [4.69, 9.17) is 16.2 Å². The number of anilines is 2. The van der Waals surface area contributed by atoms with Crippen molar-refractivity contribution in [3.8, 4) is 5.75 Å². The van der Waals surface area contributed by atoms with Gasteiger partial charge in [0.2, 0.25) is 0 Å². The number of ether oxygens (including phenoxy) is 1. The van der Waals surface area contributed by atoms with Crippen LogP contribution in [0.2, 0.25) is 0 Å². The van der Waals surface area contributed by atoms with Crippen LogP contribution in [0, 0.1) is 0 Å². The molecule has 106 valence electrons. The number of hydrogen-bond donors (Lipinski definition) is 2. The van der Waals surface area contributed by atoms with E-state index in [1.54, 1.807) is 6.20 Å². The number of nitrogen functional groups attached to an aromatic ring is 2. The van der Waals surface area contributed by atoms with Crippen LogP contribution in [-0.4, -0.2) is 11.6 Å². The summed E-state index contributed by atoms with van der Waals surface area (Å²) in [5, 5.41) is 2.05. The fraction of sp³-hybridized carbons (Fsp3) is 0.118. The van der Waals surface area contributed by atoms with E-state index >= 15 is 0 Å². The molecule has 0 aliphatic heterocycles. The van der Waals surface area contributed by atoms with Crippen LogP contribution < -0.4 is 16.2 Å². The monoisotopic (exact) mass is 279 g/mol. The quantitative estimate of drug-likeness (QED) is 0.720. The normalized spacial score (nSPS) is 10.7. The van der Waals surface area contributed by atoms with Crippen molar-refractivity contribution >= 4 is 22.3 Å². The standard InChI is InChI=1S/C17H17N3O/c18-15-5-6-16(14-4-2-1-3-13(14)15)21-10-8-12-7-9-20-17(19)11-12/h1-7,9,11H,8,10,18H2,(H2,19,20). The molecule has 0 bridgehead atoms. The SMILES string of the molecule is Nc1cc(CCOc2ccc(N)c3ccccc23)ccn1. The largest absolute Gasteiger partial charge is 0.493 e. The van der Waals surface area contributed by atoms with E-state index in [1.807, 2.05) is 48.5 Å². The van der Waals surface area contributed by atoms with E-state index in [9.17, 15) is 0 Å². The van der Waals surface area contributed by atoms with Crippen LogP contribution in [-0.2, 0) is 6.42 Å². The Balaban J connectivity index is 1.75. The van der Waals surface area contributed by atoms with Crippen LogP contribution in [0.15, 0.2) is 54.7 Å². The first-order chi connectivity index (χ1) is 10.2. The highest BCUT2D eigenvalue weighted by Gasteiger charge is 2.04. The zero-order valence-electron chi connectivity index (χ0n) is 11.6. The van der Waals surface area contributed by atoms with Gasteiger partial charge in [0, 0.05) is 29.1 Å². The Morgan fingerprint density at radius 2 is 1.76 bits per heavy atom. The van der Waals surface area contributed by atoms with Gasteiger partial charge in [0.05, 0.1) is 6.61 Å². The van der Waals surface area contributed by atoms with E-state index in [2.05, 4.69) is 4.98 Å². The Bertz CT molecular complexity index is 771. The van der Waals surface area contributed by atoms with Crippen LogP contribution in [0.25, 0.3) is 10.8 Å². The number of aromatic nitrogens is 1. The molecule has 4 heteroatoms. The molecular formula is C17H17N3O. The highest BCUT2D eigenvalue weighted by molar-refractivity contribution is 5.96.